The Kier molecular flexibility index (Phi) is 8.05. The van der Waals surface area contributed by atoms with Gasteiger partial charge in [0.25, 0.3) is 0 Å². The molecule has 5 nitrogen and oxygen atoms in total. The smallest absolute Gasteiger partial charge is 0.320 e. The van der Waals surface area contributed by atoms with E-state index < -0.39 is 0 Å². The third kappa shape index (κ3) is 6.06. The van der Waals surface area contributed by atoms with Crippen molar-refractivity contribution in [3.63, 3.8) is 0 Å². The van der Waals surface area contributed by atoms with Crippen LogP contribution in [0.3, 0.4) is 0 Å². The lowest BCUT2D eigenvalue weighted by Crippen LogP contribution is -2.47. The fourth-order valence-corrected chi connectivity index (χ4v) is 1.38. The molecule has 17 heavy (non-hydrogen) atoms. The molecule has 0 radical (unpaired) electrons. The second kappa shape index (κ2) is 8.75. The second-order valence-corrected chi connectivity index (χ2v) is 3.58. The molecule has 0 bridgehead atoms. The summed E-state index contributed by atoms with van der Waals surface area (Å²) in [7, 11) is 0. The SMILES string of the molecule is C=CCNC(=O)C(C)N(CC)CC(=O)OCC. The van der Waals surface area contributed by atoms with Gasteiger partial charge in [0.1, 0.15) is 0 Å². The molecule has 0 aromatic heterocycles. The van der Waals surface area contributed by atoms with Gasteiger partial charge in [0.05, 0.1) is 19.2 Å². The first-order valence-corrected chi connectivity index (χ1v) is 5.85. The average Bonchev–Trinajstić information content (AvgIpc) is 2.32. The van der Waals surface area contributed by atoms with E-state index in [4.69, 9.17) is 4.74 Å². The van der Waals surface area contributed by atoms with E-state index in [9.17, 15) is 9.59 Å². The summed E-state index contributed by atoms with van der Waals surface area (Å²) in [6.45, 7) is 10.5. The standard InChI is InChI=1S/C12H22N2O3/c1-5-8-13-12(16)10(4)14(6-2)9-11(15)17-7-3/h5,10H,1,6-9H2,2-4H3,(H,13,16). The van der Waals surface area contributed by atoms with Crippen LogP contribution in [0.15, 0.2) is 12.7 Å². The van der Waals surface area contributed by atoms with Crippen LogP contribution in [0.2, 0.25) is 0 Å². The van der Waals surface area contributed by atoms with Crippen molar-refractivity contribution in [2.75, 3.05) is 26.2 Å². The van der Waals surface area contributed by atoms with Crippen molar-refractivity contribution in [3.8, 4) is 0 Å². The van der Waals surface area contributed by atoms with Crippen molar-refractivity contribution in [1.82, 2.24) is 10.2 Å². The van der Waals surface area contributed by atoms with Crippen LogP contribution in [-0.4, -0.2) is 49.1 Å². The summed E-state index contributed by atoms with van der Waals surface area (Å²) in [5, 5.41) is 2.70. The van der Waals surface area contributed by atoms with Gasteiger partial charge in [-0.1, -0.05) is 13.0 Å². The number of nitrogens with zero attached hydrogens (tertiary/aromatic N) is 1. The molecule has 1 atom stereocenters. The van der Waals surface area contributed by atoms with Gasteiger partial charge in [-0.05, 0) is 20.4 Å². The highest BCUT2D eigenvalue weighted by atomic mass is 16.5. The Labute approximate surface area is 103 Å². The van der Waals surface area contributed by atoms with E-state index in [-0.39, 0.29) is 24.5 Å². The molecule has 0 aliphatic rings. The third-order valence-electron chi connectivity index (χ3n) is 2.39. The molecule has 5 heteroatoms. The lowest BCUT2D eigenvalue weighted by molar-refractivity contribution is -0.145. The quantitative estimate of drug-likeness (QED) is 0.499. The summed E-state index contributed by atoms with van der Waals surface area (Å²) >= 11 is 0. The largest absolute Gasteiger partial charge is 0.465 e. The molecule has 0 aliphatic heterocycles. The number of hydrogen-bond acceptors (Lipinski definition) is 4. The number of esters is 1. The van der Waals surface area contributed by atoms with E-state index in [1.165, 1.54) is 0 Å². The lowest BCUT2D eigenvalue weighted by Gasteiger charge is -2.25. The molecule has 1 N–H and O–H groups in total. The zero-order chi connectivity index (χ0) is 13.3. The van der Waals surface area contributed by atoms with Gasteiger partial charge in [-0.3, -0.25) is 14.5 Å². The zero-order valence-electron chi connectivity index (χ0n) is 10.9. The van der Waals surface area contributed by atoms with Crippen LogP contribution in [0.4, 0.5) is 0 Å². The van der Waals surface area contributed by atoms with Gasteiger partial charge in [-0.15, -0.1) is 6.58 Å². The average molecular weight is 242 g/mol. The molecule has 0 aromatic rings. The number of amides is 1. The molecule has 0 saturated carbocycles. The minimum absolute atomic E-state index is 0.115. The van der Waals surface area contributed by atoms with E-state index in [1.54, 1.807) is 24.8 Å². The van der Waals surface area contributed by atoms with Gasteiger partial charge in [-0.25, -0.2) is 0 Å². The molecule has 0 aliphatic carbocycles. The molecule has 0 fully saturated rings. The molecule has 98 valence electrons. The Bertz CT molecular complexity index is 266. The van der Waals surface area contributed by atoms with Crippen molar-refractivity contribution < 1.29 is 14.3 Å². The van der Waals surface area contributed by atoms with Crippen molar-refractivity contribution in [2.45, 2.75) is 26.8 Å². The number of hydrogen-bond donors (Lipinski definition) is 1. The Hall–Kier alpha value is -1.36. The maximum Gasteiger partial charge on any atom is 0.320 e. The van der Waals surface area contributed by atoms with Crippen LogP contribution in [-0.2, 0) is 14.3 Å². The number of likely N-dealkylation sites (N-methyl/N-ethyl adjacent to an activating group) is 1. The number of nitrogens with one attached hydrogen (secondary N) is 1. The third-order valence-corrected chi connectivity index (χ3v) is 2.39. The summed E-state index contributed by atoms with van der Waals surface area (Å²) in [6.07, 6.45) is 1.62. The number of rotatable bonds is 8. The van der Waals surface area contributed by atoms with Crippen molar-refractivity contribution in [3.05, 3.63) is 12.7 Å². The summed E-state index contributed by atoms with van der Waals surface area (Å²) in [5.74, 6) is -0.422. The summed E-state index contributed by atoms with van der Waals surface area (Å²) in [4.78, 5) is 24.8. The summed E-state index contributed by atoms with van der Waals surface area (Å²) in [5.41, 5.74) is 0. The molecular weight excluding hydrogens is 220 g/mol. The fourth-order valence-electron chi connectivity index (χ4n) is 1.38. The van der Waals surface area contributed by atoms with E-state index in [0.29, 0.717) is 19.7 Å². The normalized spacial score (nSPS) is 12.0. The number of carbonyl (C=O) groups excluding carboxylic acids is 2. The first kappa shape index (κ1) is 15.6. The molecular formula is C12H22N2O3. The first-order chi connectivity index (χ1) is 8.06. The zero-order valence-corrected chi connectivity index (χ0v) is 10.9. The second-order valence-electron chi connectivity index (χ2n) is 3.58. The highest BCUT2D eigenvalue weighted by Crippen LogP contribution is 1.99. The van der Waals surface area contributed by atoms with Gasteiger partial charge < -0.3 is 10.1 Å². The van der Waals surface area contributed by atoms with Crippen molar-refractivity contribution in [2.24, 2.45) is 0 Å². The predicted molar refractivity (Wildman–Crippen MR) is 66.5 cm³/mol. The van der Waals surface area contributed by atoms with Crippen LogP contribution in [0.1, 0.15) is 20.8 Å². The Morgan fingerprint density at radius 1 is 1.47 bits per heavy atom. The maximum absolute atomic E-state index is 11.7. The van der Waals surface area contributed by atoms with Gasteiger partial charge in [0.15, 0.2) is 0 Å². The molecule has 0 spiro atoms. The van der Waals surface area contributed by atoms with E-state index in [2.05, 4.69) is 11.9 Å². The van der Waals surface area contributed by atoms with Crippen LogP contribution in [0.5, 0.6) is 0 Å². The van der Waals surface area contributed by atoms with Gasteiger partial charge in [0.2, 0.25) is 5.91 Å². The fraction of sp³-hybridized carbons (Fsp3) is 0.667. The van der Waals surface area contributed by atoms with Crippen molar-refractivity contribution >= 4 is 11.9 Å². The van der Waals surface area contributed by atoms with Gasteiger partial charge in [-0.2, -0.15) is 0 Å². The van der Waals surface area contributed by atoms with Crippen LogP contribution < -0.4 is 5.32 Å². The van der Waals surface area contributed by atoms with Crippen LogP contribution in [0.25, 0.3) is 0 Å². The van der Waals surface area contributed by atoms with Crippen molar-refractivity contribution in [1.29, 1.82) is 0 Å². The minimum Gasteiger partial charge on any atom is -0.465 e. The maximum atomic E-state index is 11.7. The number of ether oxygens (including phenoxy) is 1. The molecule has 0 rings (SSSR count). The van der Waals surface area contributed by atoms with E-state index in [0.717, 1.165) is 0 Å². The predicted octanol–water partition coefficient (Wildman–Crippen LogP) is 0.562. The lowest BCUT2D eigenvalue weighted by atomic mass is 10.2. The van der Waals surface area contributed by atoms with Gasteiger partial charge in [0, 0.05) is 6.54 Å². The topological polar surface area (TPSA) is 58.6 Å². The molecule has 1 amide bonds. The summed E-state index contributed by atoms with van der Waals surface area (Å²) < 4.78 is 4.86. The van der Waals surface area contributed by atoms with Crippen LogP contribution in [0, 0.1) is 0 Å². The first-order valence-electron chi connectivity index (χ1n) is 5.85. The Morgan fingerprint density at radius 3 is 2.59 bits per heavy atom. The van der Waals surface area contributed by atoms with Gasteiger partial charge >= 0.3 is 5.97 Å². The molecule has 1 unspecified atom stereocenters. The van der Waals surface area contributed by atoms with E-state index in [1.807, 2.05) is 6.92 Å². The molecule has 0 heterocycles. The molecule has 0 aromatic carbocycles. The number of carbonyl (C=O) groups is 2. The minimum atomic E-state index is -0.357. The molecule has 0 saturated heterocycles. The van der Waals surface area contributed by atoms with Crippen LogP contribution >= 0.6 is 0 Å². The highest BCUT2D eigenvalue weighted by Gasteiger charge is 2.21. The highest BCUT2D eigenvalue weighted by molar-refractivity contribution is 5.82. The summed E-state index contributed by atoms with van der Waals surface area (Å²) in [6, 6.07) is -0.357. The van der Waals surface area contributed by atoms with E-state index >= 15 is 0 Å². The Balaban J connectivity index is 4.28. The Morgan fingerprint density at radius 2 is 2.12 bits per heavy atom. The monoisotopic (exact) mass is 242 g/mol.